The first-order valence-corrected chi connectivity index (χ1v) is 5.92. The van der Waals surface area contributed by atoms with Gasteiger partial charge >= 0.3 is 0 Å². The Balaban J connectivity index is 2.17. The molecule has 92 valence electrons. The fourth-order valence-corrected chi connectivity index (χ4v) is 2.02. The highest BCUT2D eigenvalue weighted by Gasteiger charge is 2.39. The van der Waals surface area contributed by atoms with Crippen LogP contribution in [0.3, 0.4) is 0 Å². The van der Waals surface area contributed by atoms with Gasteiger partial charge in [-0.1, -0.05) is 0 Å². The molecule has 1 aliphatic rings. The lowest BCUT2D eigenvalue weighted by molar-refractivity contribution is 0.0902. The van der Waals surface area contributed by atoms with E-state index < -0.39 is 0 Å². The molecule has 1 aromatic heterocycles. The Labute approximate surface area is 100 Å². The Kier molecular flexibility index (Phi) is 2.81. The van der Waals surface area contributed by atoms with E-state index in [-0.39, 0.29) is 22.4 Å². The molecule has 17 heavy (non-hydrogen) atoms. The molecular weight excluding hydrogens is 216 g/mol. The van der Waals surface area contributed by atoms with Gasteiger partial charge in [-0.15, -0.1) is 0 Å². The number of aromatic nitrogens is 1. The maximum absolute atomic E-state index is 12.0. The SMILES string of the molecule is Cc1cc(=O)c(C(=O)NC(C)(C)C2CC2)c[nH]1. The van der Waals surface area contributed by atoms with Crippen molar-refractivity contribution >= 4 is 5.91 Å². The van der Waals surface area contributed by atoms with Crippen LogP contribution >= 0.6 is 0 Å². The quantitative estimate of drug-likeness (QED) is 0.834. The Morgan fingerprint density at radius 1 is 1.47 bits per heavy atom. The van der Waals surface area contributed by atoms with Gasteiger partial charge in [0.2, 0.25) is 0 Å². The van der Waals surface area contributed by atoms with Crippen LogP contribution in [-0.4, -0.2) is 16.4 Å². The van der Waals surface area contributed by atoms with E-state index in [4.69, 9.17) is 0 Å². The van der Waals surface area contributed by atoms with Crippen molar-refractivity contribution in [2.75, 3.05) is 0 Å². The molecular formula is C13H18N2O2. The second kappa shape index (κ2) is 4.02. The molecule has 1 aromatic rings. The number of aryl methyl sites for hydroxylation is 1. The van der Waals surface area contributed by atoms with Gasteiger partial charge in [0.25, 0.3) is 5.91 Å². The first-order chi connectivity index (χ1) is 7.90. The Morgan fingerprint density at radius 3 is 2.65 bits per heavy atom. The number of nitrogens with one attached hydrogen (secondary N) is 2. The van der Waals surface area contributed by atoms with Gasteiger partial charge in [0.05, 0.1) is 0 Å². The van der Waals surface area contributed by atoms with Crippen LogP contribution in [0, 0.1) is 12.8 Å². The van der Waals surface area contributed by atoms with Gasteiger partial charge in [-0.3, -0.25) is 9.59 Å². The average Bonchev–Trinajstić information content (AvgIpc) is 2.98. The summed E-state index contributed by atoms with van der Waals surface area (Å²) in [6, 6.07) is 1.44. The molecule has 0 unspecified atom stereocenters. The van der Waals surface area contributed by atoms with E-state index in [1.165, 1.54) is 12.3 Å². The Bertz CT molecular complexity index is 498. The van der Waals surface area contributed by atoms with Crippen LogP contribution in [0.25, 0.3) is 0 Å². The van der Waals surface area contributed by atoms with Crippen molar-refractivity contribution in [2.24, 2.45) is 5.92 Å². The molecule has 0 spiro atoms. The molecule has 0 aliphatic heterocycles. The summed E-state index contributed by atoms with van der Waals surface area (Å²) in [5.74, 6) is 0.249. The minimum Gasteiger partial charge on any atom is -0.364 e. The third-order valence-corrected chi connectivity index (χ3v) is 3.34. The number of hydrogen-bond donors (Lipinski definition) is 2. The summed E-state index contributed by atoms with van der Waals surface area (Å²) in [4.78, 5) is 26.6. The molecule has 0 atom stereocenters. The summed E-state index contributed by atoms with van der Waals surface area (Å²) in [6.07, 6.45) is 3.78. The van der Waals surface area contributed by atoms with Gasteiger partial charge < -0.3 is 10.3 Å². The van der Waals surface area contributed by atoms with E-state index in [1.807, 2.05) is 13.8 Å². The van der Waals surface area contributed by atoms with Gasteiger partial charge in [0.1, 0.15) is 5.56 Å². The molecule has 2 rings (SSSR count). The third kappa shape index (κ3) is 2.57. The summed E-state index contributed by atoms with van der Waals surface area (Å²) in [7, 11) is 0. The number of rotatable bonds is 3. The zero-order valence-corrected chi connectivity index (χ0v) is 10.5. The minimum absolute atomic E-state index is 0.185. The fraction of sp³-hybridized carbons (Fsp3) is 0.538. The highest BCUT2D eigenvalue weighted by Crippen LogP contribution is 2.39. The topological polar surface area (TPSA) is 62.0 Å². The molecule has 1 amide bonds. The van der Waals surface area contributed by atoms with Crippen molar-refractivity contribution in [3.8, 4) is 0 Å². The Hall–Kier alpha value is -1.58. The van der Waals surface area contributed by atoms with Crippen LogP contribution in [0.1, 0.15) is 42.7 Å². The molecule has 1 aliphatic carbocycles. The van der Waals surface area contributed by atoms with Crippen LogP contribution < -0.4 is 10.7 Å². The molecule has 0 bridgehead atoms. The lowest BCUT2D eigenvalue weighted by Gasteiger charge is -2.25. The number of hydrogen-bond acceptors (Lipinski definition) is 2. The largest absolute Gasteiger partial charge is 0.364 e. The second-order valence-corrected chi connectivity index (χ2v) is 5.34. The van der Waals surface area contributed by atoms with Gasteiger partial charge in [-0.2, -0.15) is 0 Å². The molecule has 1 fully saturated rings. The van der Waals surface area contributed by atoms with Gasteiger partial charge in [0, 0.05) is 23.5 Å². The zero-order valence-electron chi connectivity index (χ0n) is 10.5. The van der Waals surface area contributed by atoms with E-state index >= 15 is 0 Å². The maximum atomic E-state index is 12.0. The monoisotopic (exact) mass is 234 g/mol. The second-order valence-electron chi connectivity index (χ2n) is 5.34. The predicted molar refractivity (Wildman–Crippen MR) is 66.1 cm³/mol. The maximum Gasteiger partial charge on any atom is 0.257 e. The van der Waals surface area contributed by atoms with Crippen LogP contribution in [-0.2, 0) is 0 Å². The summed E-state index contributed by atoms with van der Waals surface area (Å²) >= 11 is 0. The van der Waals surface area contributed by atoms with E-state index in [1.54, 1.807) is 6.92 Å². The first kappa shape index (κ1) is 11.9. The van der Waals surface area contributed by atoms with E-state index in [2.05, 4.69) is 10.3 Å². The first-order valence-electron chi connectivity index (χ1n) is 5.92. The summed E-state index contributed by atoms with van der Waals surface area (Å²) in [5, 5.41) is 2.94. The van der Waals surface area contributed by atoms with Crippen LogP contribution in [0.4, 0.5) is 0 Å². The van der Waals surface area contributed by atoms with Crippen molar-refractivity contribution in [1.82, 2.24) is 10.3 Å². The standard InChI is InChI=1S/C13H18N2O2/c1-8-6-11(16)10(7-14-8)12(17)15-13(2,3)9-4-5-9/h6-7,9H,4-5H2,1-3H3,(H,14,16)(H,15,17). The van der Waals surface area contributed by atoms with Crippen LogP contribution in [0.5, 0.6) is 0 Å². The Morgan fingerprint density at radius 2 is 2.12 bits per heavy atom. The summed E-state index contributed by atoms with van der Waals surface area (Å²) in [6.45, 7) is 5.80. The molecule has 2 N–H and O–H groups in total. The van der Waals surface area contributed by atoms with Crippen molar-refractivity contribution in [3.63, 3.8) is 0 Å². The molecule has 4 nitrogen and oxygen atoms in total. The number of carbonyl (C=O) groups is 1. The normalized spacial score (nSPS) is 15.7. The molecule has 1 saturated carbocycles. The predicted octanol–water partition coefficient (Wildman–Crippen LogP) is 1.60. The average molecular weight is 234 g/mol. The van der Waals surface area contributed by atoms with Crippen molar-refractivity contribution in [2.45, 2.75) is 39.2 Å². The van der Waals surface area contributed by atoms with E-state index in [0.29, 0.717) is 5.92 Å². The highest BCUT2D eigenvalue weighted by atomic mass is 16.2. The number of amides is 1. The lowest BCUT2D eigenvalue weighted by Crippen LogP contribution is -2.46. The molecule has 1 heterocycles. The third-order valence-electron chi connectivity index (χ3n) is 3.34. The zero-order chi connectivity index (χ0) is 12.6. The minimum atomic E-state index is -0.289. The van der Waals surface area contributed by atoms with E-state index in [9.17, 15) is 9.59 Å². The van der Waals surface area contributed by atoms with E-state index in [0.717, 1.165) is 18.5 Å². The van der Waals surface area contributed by atoms with Gasteiger partial charge in [0.15, 0.2) is 5.43 Å². The molecule has 0 saturated heterocycles. The van der Waals surface area contributed by atoms with Crippen LogP contribution in [0.2, 0.25) is 0 Å². The molecule has 0 radical (unpaired) electrons. The highest BCUT2D eigenvalue weighted by molar-refractivity contribution is 5.94. The van der Waals surface area contributed by atoms with Crippen molar-refractivity contribution < 1.29 is 4.79 Å². The number of pyridine rings is 1. The lowest BCUT2D eigenvalue weighted by atomic mass is 9.98. The van der Waals surface area contributed by atoms with Crippen molar-refractivity contribution in [3.05, 3.63) is 33.7 Å². The number of H-pyrrole nitrogens is 1. The van der Waals surface area contributed by atoms with Gasteiger partial charge in [-0.25, -0.2) is 0 Å². The fourth-order valence-electron chi connectivity index (χ4n) is 2.02. The smallest absolute Gasteiger partial charge is 0.257 e. The van der Waals surface area contributed by atoms with Crippen molar-refractivity contribution in [1.29, 1.82) is 0 Å². The molecule has 0 aromatic carbocycles. The number of aromatic amines is 1. The molecule has 4 heteroatoms. The summed E-state index contributed by atoms with van der Waals surface area (Å²) < 4.78 is 0. The number of carbonyl (C=O) groups excluding carboxylic acids is 1. The summed E-state index contributed by atoms with van der Waals surface area (Å²) in [5.41, 5.74) is 0.483. The van der Waals surface area contributed by atoms with Gasteiger partial charge in [-0.05, 0) is 39.5 Å². The van der Waals surface area contributed by atoms with Crippen LogP contribution in [0.15, 0.2) is 17.1 Å².